The van der Waals surface area contributed by atoms with E-state index in [1.807, 2.05) is 0 Å². The van der Waals surface area contributed by atoms with Crippen LogP contribution in [0.2, 0.25) is 0 Å². The molecule has 0 saturated heterocycles. The number of benzene rings is 1. The van der Waals surface area contributed by atoms with Crippen molar-refractivity contribution in [3.05, 3.63) is 35.4 Å². The molecule has 2 atom stereocenters. The van der Waals surface area contributed by atoms with E-state index in [9.17, 15) is 0 Å². The number of rotatable bonds is 42. The van der Waals surface area contributed by atoms with Gasteiger partial charge in [-0.05, 0) is 36.8 Å². The zero-order chi connectivity index (χ0) is 37.4. The molecule has 2 unspecified atom stereocenters. The Labute approximate surface area is 325 Å². The Balaban J connectivity index is 2.14. The zero-order valence-corrected chi connectivity index (χ0v) is 35.6. The predicted molar refractivity (Wildman–Crippen MR) is 226 cm³/mol. The summed E-state index contributed by atoms with van der Waals surface area (Å²) in [5.41, 5.74) is 2.46. The van der Waals surface area contributed by atoms with Crippen molar-refractivity contribution in [1.82, 2.24) is 0 Å². The third-order valence-corrected chi connectivity index (χ3v) is 10.7. The third kappa shape index (κ3) is 32.5. The van der Waals surface area contributed by atoms with Gasteiger partial charge in [-0.15, -0.1) is 0 Å². The molecule has 0 N–H and O–H groups in total. The van der Waals surface area contributed by atoms with Crippen molar-refractivity contribution in [2.75, 3.05) is 26.4 Å². The van der Waals surface area contributed by atoms with Gasteiger partial charge in [0.1, 0.15) is 0 Å². The molecule has 0 aliphatic carbocycles. The second kappa shape index (κ2) is 39.7. The third-order valence-electron chi connectivity index (χ3n) is 10.7. The molecule has 0 fully saturated rings. The molecule has 0 heterocycles. The minimum Gasteiger partial charge on any atom is -0.377 e. The highest BCUT2D eigenvalue weighted by Crippen LogP contribution is 2.19. The summed E-state index contributed by atoms with van der Waals surface area (Å²) >= 11 is 0. The molecule has 0 aliphatic heterocycles. The Morgan fingerprint density at radius 1 is 0.327 bits per heavy atom. The van der Waals surface area contributed by atoms with Gasteiger partial charge in [-0.3, -0.25) is 0 Å². The van der Waals surface area contributed by atoms with Crippen LogP contribution in [0.25, 0.3) is 0 Å². The van der Waals surface area contributed by atoms with Crippen LogP contribution < -0.4 is 0 Å². The summed E-state index contributed by atoms with van der Waals surface area (Å²) < 4.78 is 24.5. The van der Waals surface area contributed by atoms with Crippen LogP contribution in [0.1, 0.15) is 231 Å². The van der Waals surface area contributed by atoms with Crippen molar-refractivity contribution in [1.29, 1.82) is 0 Å². The Hall–Kier alpha value is -0.940. The van der Waals surface area contributed by atoms with E-state index in [0.29, 0.717) is 51.8 Å². The lowest BCUT2D eigenvalue weighted by Crippen LogP contribution is -2.17. The van der Waals surface area contributed by atoms with E-state index in [1.54, 1.807) is 0 Å². The average molecular weight is 731 g/mol. The van der Waals surface area contributed by atoms with Crippen molar-refractivity contribution in [2.24, 2.45) is 0 Å². The van der Waals surface area contributed by atoms with Gasteiger partial charge in [0.25, 0.3) is 0 Å². The summed E-state index contributed by atoms with van der Waals surface area (Å²) in [5.74, 6) is 0. The molecule has 1 aromatic carbocycles. The van der Waals surface area contributed by atoms with Crippen LogP contribution in [0.15, 0.2) is 24.3 Å². The number of unbranched alkanes of at least 4 members (excludes halogenated alkanes) is 22. The minimum atomic E-state index is 0.392. The molecule has 1 aromatic rings. The molecule has 0 amide bonds. The summed E-state index contributed by atoms with van der Waals surface area (Å²) in [7, 11) is 0. The van der Waals surface area contributed by atoms with Gasteiger partial charge in [-0.25, -0.2) is 0 Å². The van der Waals surface area contributed by atoms with E-state index in [1.165, 1.54) is 204 Å². The van der Waals surface area contributed by atoms with Crippen molar-refractivity contribution >= 4 is 0 Å². The van der Waals surface area contributed by atoms with E-state index in [2.05, 4.69) is 52.0 Å². The molecule has 52 heavy (non-hydrogen) atoms. The first-order chi connectivity index (χ1) is 25.7. The summed E-state index contributed by atoms with van der Waals surface area (Å²) in [5, 5.41) is 0. The van der Waals surface area contributed by atoms with Gasteiger partial charge in [0.2, 0.25) is 0 Å². The van der Waals surface area contributed by atoms with Crippen LogP contribution in [-0.4, -0.2) is 38.6 Å². The van der Waals surface area contributed by atoms with Gasteiger partial charge in [0, 0.05) is 0 Å². The molecule has 0 aliphatic rings. The monoisotopic (exact) mass is 731 g/mol. The summed E-state index contributed by atoms with van der Waals surface area (Å²) in [6.45, 7) is 13.1. The molecular weight excluding hydrogens is 641 g/mol. The topological polar surface area (TPSA) is 36.9 Å². The number of hydrogen-bond acceptors (Lipinski definition) is 4. The maximum atomic E-state index is 6.44. The molecule has 4 heteroatoms. The van der Waals surface area contributed by atoms with Crippen molar-refractivity contribution in [3.63, 3.8) is 0 Å². The highest BCUT2D eigenvalue weighted by atomic mass is 16.5. The van der Waals surface area contributed by atoms with Crippen LogP contribution >= 0.6 is 0 Å². The number of ether oxygens (including phenoxy) is 4. The maximum Gasteiger partial charge on any atom is 0.0720 e. The van der Waals surface area contributed by atoms with Crippen LogP contribution in [0, 0.1) is 0 Å². The van der Waals surface area contributed by atoms with Crippen molar-refractivity contribution in [2.45, 2.75) is 246 Å². The van der Waals surface area contributed by atoms with Crippen LogP contribution in [0.4, 0.5) is 0 Å². The lowest BCUT2D eigenvalue weighted by atomic mass is 10.0. The standard InChI is InChI=1S/C48H90O4/c1-5-9-13-15-17-19-21-23-25-27-30-34-48(31-12-8-4)52-44-46-37-35-45(36-38-46)43-50-40-39-49-41-42-51-47(32-28-11-7-3)33-29-26-24-22-20-18-16-14-10-6-2/h35-38,47-48H,5-34,39-44H2,1-4H3. The summed E-state index contributed by atoms with van der Waals surface area (Å²) in [4.78, 5) is 0. The van der Waals surface area contributed by atoms with Gasteiger partial charge in [0.15, 0.2) is 0 Å². The Morgan fingerprint density at radius 3 is 1.13 bits per heavy atom. The van der Waals surface area contributed by atoms with Gasteiger partial charge in [0.05, 0.1) is 51.8 Å². The summed E-state index contributed by atoms with van der Waals surface area (Å²) in [6.07, 6.45) is 41.2. The van der Waals surface area contributed by atoms with E-state index in [4.69, 9.17) is 18.9 Å². The average Bonchev–Trinajstić information content (AvgIpc) is 3.16. The van der Waals surface area contributed by atoms with Crippen molar-refractivity contribution in [3.8, 4) is 0 Å². The quantitative estimate of drug-likeness (QED) is 0.0628. The molecule has 0 aromatic heterocycles. The Morgan fingerprint density at radius 2 is 0.654 bits per heavy atom. The SMILES string of the molecule is CCCCCCCCCCCCCC(CCCC)OCc1ccc(COCCOCCOC(CCCCC)CCCCCCCCCCCC)cc1. The van der Waals surface area contributed by atoms with Crippen LogP contribution in [0.5, 0.6) is 0 Å². The van der Waals surface area contributed by atoms with Gasteiger partial charge >= 0.3 is 0 Å². The first-order valence-electron chi connectivity index (χ1n) is 23.2. The van der Waals surface area contributed by atoms with Gasteiger partial charge in [-0.2, -0.15) is 0 Å². The second-order valence-corrected chi connectivity index (χ2v) is 15.8. The fourth-order valence-electron chi connectivity index (χ4n) is 7.20. The largest absolute Gasteiger partial charge is 0.377 e. The molecule has 0 spiro atoms. The lowest BCUT2D eigenvalue weighted by Gasteiger charge is -2.18. The maximum absolute atomic E-state index is 6.44. The molecular formula is C48H90O4. The number of hydrogen-bond donors (Lipinski definition) is 0. The lowest BCUT2D eigenvalue weighted by molar-refractivity contribution is -0.0191. The summed E-state index contributed by atoms with van der Waals surface area (Å²) in [6, 6.07) is 8.79. The normalized spacial score (nSPS) is 12.8. The second-order valence-electron chi connectivity index (χ2n) is 15.8. The van der Waals surface area contributed by atoms with Crippen molar-refractivity contribution < 1.29 is 18.9 Å². The van der Waals surface area contributed by atoms with E-state index >= 15 is 0 Å². The van der Waals surface area contributed by atoms with Crippen LogP contribution in [-0.2, 0) is 32.2 Å². The molecule has 306 valence electrons. The fraction of sp³-hybridized carbons (Fsp3) is 0.875. The van der Waals surface area contributed by atoms with E-state index in [-0.39, 0.29) is 0 Å². The minimum absolute atomic E-state index is 0.392. The molecule has 0 bridgehead atoms. The first kappa shape index (κ1) is 49.1. The molecule has 0 saturated carbocycles. The highest BCUT2D eigenvalue weighted by Gasteiger charge is 2.11. The molecule has 1 rings (SSSR count). The molecule has 4 nitrogen and oxygen atoms in total. The zero-order valence-electron chi connectivity index (χ0n) is 35.6. The van der Waals surface area contributed by atoms with Crippen LogP contribution in [0.3, 0.4) is 0 Å². The highest BCUT2D eigenvalue weighted by molar-refractivity contribution is 5.21. The fourth-order valence-corrected chi connectivity index (χ4v) is 7.20. The Bertz CT molecular complexity index is 811. The van der Waals surface area contributed by atoms with Gasteiger partial charge in [-0.1, -0.05) is 219 Å². The smallest absolute Gasteiger partial charge is 0.0720 e. The molecule has 0 radical (unpaired) electrons. The van der Waals surface area contributed by atoms with Gasteiger partial charge < -0.3 is 18.9 Å². The first-order valence-corrected chi connectivity index (χ1v) is 23.2. The predicted octanol–water partition coefficient (Wildman–Crippen LogP) is 15.3. The van der Waals surface area contributed by atoms with E-state index in [0.717, 1.165) is 0 Å². The van der Waals surface area contributed by atoms with E-state index < -0.39 is 0 Å². The Kier molecular flexibility index (Phi) is 37.5.